The average molecular weight is 229 g/mol. The van der Waals surface area contributed by atoms with Gasteiger partial charge < -0.3 is 15.5 Å². The van der Waals surface area contributed by atoms with Crippen molar-refractivity contribution in [2.24, 2.45) is 17.8 Å². The number of amides is 1. The summed E-state index contributed by atoms with van der Waals surface area (Å²) in [5, 5.41) is 20.5. The smallest absolute Gasteiger partial charge is 0.307 e. The first-order chi connectivity index (χ1) is 7.45. The third kappa shape index (κ3) is 2.95. The van der Waals surface area contributed by atoms with Crippen LogP contribution in [-0.4, -0.2) is 34.7 Å². The molecule has 92 valence electrons. The Morgan fingerprint density at radius 2 is 1.94 bits per heavy atom. The van der Waals surface area contributed by atoms with Crippen LogP contribution < -0.4 is 5.32 Å². The van der Waals surface area contributed by atoms with E-state index in [2.05, 4.69) is 5.32 Å². The van der Waals surface area contributed by atoms with E-state index in [0.29, 0.717) is 12.8 Å². The van der Waals surface area contributed by atoms with Crippen LogP contribution >= 0.6 is 0 Å². The summed E-state index contributed by atoms with van der Waals surface area (Å²) in [5.74, 6) is -1.93. The van der Waals surface area contributed by atoms with E-state index in [1.165, 1.54) is 0 Å². The van der Waals surface area contributed by atoms with Crippen molar-refractivity contribution in [2.45, 2.75) is 32.7 Å². The van der Waals surface area contributed by atoms with Crippen LogP contribution in [0.25, 0.3) is 0 Å². The van der Waals surface area contributed by atoms with Gasteiger partial charge in [-0.15, -0.1) is 0 Å². The van der Waals surface area contributed by atoms with Crippen molar-refractivity contribution in [3.63, 3.8) is 0 Å². The lowest BCUT2D eigenvalue weighted by Gasteiger charge is -2.18. The molecular formula is C11H19NO4. The van der Waals surface area contributed by atoms with E-state index in [0.717, 1.165) is 0 Å². The monoisotopic (exact) mass is 229 g/mol. The summed E-state index contributed by atoms with van der Waals surface area (Å²) in [7, 11) is 0. The molecule has 1 aliphatic carbocycles. The van der Waals surface area contributed by atoms with E-state index < -0.39 is 17.8 Å². The Morgan fingerprint density at radius 1 is 1.38 bits per heavy atom. The molecule has 1 fully saturated rings. The van der Waals surface area contributed by atoms with Crippen molar-refractivity contribution in [1.29, 1.82) is 0 Å². The minimum Gasteiger partial charge on any atom is -0.481 e. The number of hydrogen-bond acceptors (Lipinski definition) is 3. The Balaban J connectivity index is 2.63. The molecule has 1 saturated carbocycles. The van der Waals surface area contributed by atoms with Gasteiger partial charge in [0.1, 0.15) is 0 Å². The molecule has 5 heteroatoms. The number of aliphatic hydroxyl groups is 1. The van der Waals surface area contributed by atoms with Crippen LogP contribution in [0.5, 0.6) is 0 Å². The fourth-order valence-electron chi connectivity index (χ4n) is 2.25. The highest BCUT2D eigenvalue weighted by Gasteiger charge is 2.41. The molecule has 0 radical (unpaired) electrons. The minimum atomic E-state index is -0.902. The SMILES string of the molecule is CC1C[C@H](C(=O)N[C@@H](C)CO)[C@H](C(=O)O)C1. The Labute approximate surface area is 94.8 Å². The second-order valence-electron chi connectivity index (χ2n) is 4.72. The predicted octanol–water partition coefficient (Wildman–Crippen LogP) is 0.230. The van der Waals surface area contributed by atoms with Crippen LogP contribution in [0.2, 0.25) is 0 Å². The maximum Gasteiger partial charge on any atom is 0.307 e. The molecule has 0 aromatic heterocycles. The summed E-state index contributed by atoms with van der Waals surface area (Å²) in [6, 6.07) is -0.321. The molecule has 1 rings (SSSR count). The van der Waals surface area contributed by atoms with Crippen molar-refractivity contribution in [1.82, 2.24) is 5.32 Å². The van der Waals surface area contributed by atoms with E-state index >= 15 is 0 Å². The third-order valence-electron chi connectivity index (χ3n) is 3.11. The number of hydrogen-bond donors (Lipinski definition) is 3. The molecule has 1 amide bonds. The van der Waals surface area contributed by atoms with Crippen molar-refractivity contribution < 1.29 is 19.8 Å². The normalized spacial score (nSPS) is 31.1. The lowest BCUT2D eigenvalue weighted by Crippen LogP contribution is -2.41. The zero-order valence-corrected chi connectivity index (χ0v) is 9.64. The summed E-state index contributed by atoms with van der Waals surface area (Å²) >= 11 is 0. The molecule has 0 aromatic carbocycles. The fraction of sp³-hybridized carbons (Fsp3) is 0.818. The number of carboxylic acids is 1. The average Bonchev–Trinajstić information content (AvgIpc) is 2.60. The van der Waals surface area contributed by atoms with Crippen LogP contribution in [0.3, 0.4) is 0 Å². The highest BCUT2D eigenvalue weighted by Crippen LogP contribution is 2.36. The van der Waals surface area contributed by atoms with E-state index in [9.17, 15) is 9.59 Å². The van der Waals surface area contributed by atoms with Gasteiger partial charge in [0, 0.05) is 6.04 Å². The summed E-state index contributed by atoms with van der Waals surface area (Å²) < 4.78 is 0. The molecule has 0 aliphatic heterocycles. The Hall–Kier alpha value is -1.10. The molecule has 0 saturated heterocycles. The van der Waals surface area contributed by atoms with Crippen molar-refractivity contribution in [3.8, 4) is 0 Å². The van der Waals surface area contributed by atoms with Crippen molar-refractivity contribution in [2.75, 3.05) is 6.61 Å². The van der Waals surface area contributed by atoms with Gasteiger partial charge in [-0.3, -0.25) is 9.59 Å². The topological polar surface area (TPSA) is 86.6 Å². The fourth-order valence-corrected chi connectivity index (χ4v) is 2.25. The summed E-state index contributed by atoms with van der Waals surface area (Å²) in [4.78, 5) is 22.8. The lowest BCUT2D eigenvalue weighted by molar-refractivity contribution is -0.146. The van der Waals surface area contributed by atoms with Gasteiger partial charge in [0.05, 0.1) is 18.4 Å². The molecule has 0 heterocycles. The van der Waals surface area contributed by atoms with E-state index in [-0.39, 0.29) is 24.5 Å². The Kier molecular flexibility index (Phi) is 4.29. The molecular weight excluding hydrogens is 210 g/mol. The lowest BCUT2D eigenvalue weighted by atomic mass is 9.95. The highest BCUT2D eigenvalue weighted by atomic mass is 16.4. The van der Waals surface area contributed by atoms with Gasteiger partial charge >= 0.3 is 5.97 Å². The van der Waals surface area contributed by atoms with Crippen LogP contribution in [0.4, 0.5) is 0 Å². The molecule has 4 atom stereocenters. The summed E-state index contributed by atoms with van der Waals surface area (Å²) in [5.41, 5.74) is 0. The summed E-state index contributed by atoms with van der Waals surface area (Å²) in [6.45, 7) is 3.51. The molecule has 0 bridgehead atoms. The predicted molar refractivity (Wildman–Crippen MR) is 57.7 cm³/mol. The second-order valence-corrected chi connectivity index (χ2v) is 4.72. The van der Waals surface area contributed by atoms with Gasteiger partial charge in [0.2, 0.25) is 5.91 Å². The Bertz CT molecular complexity index is 279. The first-order valence-corrected chi connectivity index (χ1v) is 5.59. The maximum atomic E-state index is 11.8. The standard InChI is InChI=1S/C11H19NO4/c1-6-3-8(9(4-6)11(15)16)10(14)12-7(2)5-13/h6-9,13H,3-5H2,1-2H3,(H,12,14)(H,15,16)/t6?,7-,8-,9+/m0/s1. The summed E-state index contributed by atoms with van der Waals surface area (Å²) in [6.07, 6.45) is 1.17. The van der Waals surface area contributed by atoms with Crippen LogP contribution in [0.1, 0.15) is 26.7 Å². The number of rotatable bonds is 4. The molecule has 1 unspecified atom stereocenters. The molecule has 3 N–H and O–H groups in total. The van der Waals surface area contributed by atoms with Gasteiger partial charge in [-0.1, -0.05) is 6.92 Å². The molecule has 0 spiro atoms. The zero-order valence-electron chi connectivity index (χ0n) is 9.64. The van der Waals surface area contributed by atoms with Gasteiger partial charge in [0.25, 0.3) is 0 Å². The van der Waals surface area contributed by atoms with E-state index in [1.807, 2.05) is 6.92 Å². The largest absolute Gasteiger partial charge is 0.481 e. The van der Waals surface area contributed by atoms with Crippen LogP contribution in [-0.2, 0) is 9.59 Å². The quantitative estimate of drug-likeness (QED) is 0.644. The van der Waals surface area contributed by atoms with E-state index in [4.69, 9.17) is 10.2 Å². The van der Waals surface area contributed by atoms with Gasteiger partial charge in [0.15, 0.2) is 0 Å². The van der Waals surface area contributed by atoms with Gasteiger partial charge in [-0.25, -0.2) is 0 Å². The molecule has 0 aromatic rings. The first-order valence-electron chi connectivity index (χ1n) is 5.59. The second kappa shape index (κ2) is 5.30. The number of aliphatic hydroxyl groups excluding tert-OH is 1. The number of carbonyl (C=O) groups is 2. The van der Waals surface area contributed by atoms with Gasteiger partial charge in [-0.2, -0.15) is 0 Å². The number of carbonyl (C=O) groups excluding carboxylic acids is 1. The van der Waals surface area contributed by atoms with Gasteiger partial charge in [-0.05, 0) is 25.7 Å². The third-order valence-corrected chi connectivity index (χ3v) is 3.11. The maximum absolute atomic E-state index is 11.8. The highest BCUT2D eigenvalue weighted by molar-refractivity contribution is 5.85. The number of carboxylic acid groups (broad SMARTS) is 1. The molecule has 16 heavy (non-hydrogen) atoms. The minimum absolute atomic E-state index is 0.133. The van der Waals surface area contributed by atoms with Crippen LogP contribution in [0, 0.1) is 17.8 Å². The Morgan fingerprint density at radius 3 is 2.44 bits per heavy atom. The number of aliphatic carboxylic acids is 1. The van der Waals surface area contributed by atoms with Crippen LogP contribution in [0.15, 0.2) is 0 Å². The van der Waals surface area contributed by atoms with E-state index in [1.54, 1.807) is 6.92 Å². The van der Waals surface area contributed by atoms with Crippen molar-refractivity contribution >= 4 is 11.9 Å². The zero-order chi connectivity index (χ0) is 12.3. The molecule has 1 aliphatic rings. The van der Waals surface area contributed by atoms with Crippen molar-refractivity contribution in [3.05, 3.63) is 0 Å². The first kappa shape index (κ1) is 13.0. The molecule has 5 nitrogen and oxygen atoms in total. The number of nitrogens with one attached hydrogen (secondary N) is 1.